The summed E-state index contributed by atoms with van der Waals surface area (Å²) in [5, 5.41) is 6.90. The van der Waals surface area contributed by atoms with Crippen molar-refractivity contribution in [3.05, 3.63) is 52.0 Å². The first-order valence-electron chi connectivity index (χ1n) is 7.61. The summed E-state index contributed by atoms with van der Waals surface area (Å²) in [5.41, 5.74) is 4.33. The molecule has 2 aromatic carbocycles. The first kappa shape index (κ1) is 18.4. The molecular formula is C18H20Cl2N2O2. The molecule has 0 saturated heterocycles. The summed E-state index contributed by atoms with van der Waals surface area (Å²) < 4.78 is 5.32. The number of methoxy groups -OCH3 is 1. The van der Waals surface area contributed by atoms with Crippen molar-refractivity contribution in [3.63, 3.8) is 0 Å². The maximum absolute atomic E-state index is 12.7. The van der Waals surface area contributed by atoms with E-state index >= 15 is 0 Å². The minimum atomic E-state index is -0.134. The molecule has 128 valence electrons. The van der Waals surface area contributed by atoms with E-state index in [9.17, 15) is 4.79 Å². The fourth-order valence-corrected chi connectivity index (χ4v) is 3.00. The molecule has 1 aliphatic rings. The molecule has 0 saturated carbocycles. The van der Waals surface area contributed by atoms with Crippen molar-refractivity contribution in [3.8, 4) is 5.75 Å². The van der Waals surface area contributed by atoms with Gasteiger partial charge in [-0.1, -0.05) is 17.7 Å². The topological polar surface area (TPSA) is 50.4 Å². The minimum absolute atomic E-state index is 0. The van der Waals surface area contributed by atoms with Gasteiger partial charge in [-0.2, -0.15) is 0 Å². The van der Waals surface area contributed by atoms with Crippen molar-refractivity contribution >= 4 is 41.3 Å². The Labute approximate surface area is 153 Å². The van der Waals surface area contributed by atoms with E-state index in [4.69, 9.17) is 16.3 Å². The van der Waals surface area contributed by atoms with Crippen LogP contribution in [0.3, 0.4) is 0 Å². The van der Waals surface area contributed by atoms with E-state index in [1.807, 2.05) is 31.2 Å². The van der Waals surface area contributed by atoms with Crippen LogP contribution in [0.15, 0.2) is 30.3 Å². The van der Waals surface area contributed by atoms with Crippen LogP contribution in [0.1, 0.15) is 27.9 Å². The van der Waals surface area contributed by atoms with Crippen LogP contribution in [-0.2, 0) is 6.42 Å². The molecule has 0 aromatic heterocycles. The summed E-state index contributed by atoms with van der Waals surface area (Å²) in [6, 6.07) is 9.31. The highest BCUT2D eigenvalue weighted by Gasteiger charge is 2.18. The number of halogens is 2. The van der Waals surface area contributed by atoms with Gasteiger partial charge in [0.1, 0.15) is 5.75 Å². The number of aryl methyl sites for hydroxylation is 1. The summed E-state index contributed by atoms with van der Waals surface area (Å²) in [6.45, 7) is 2.84. The molecule has 0 fully saturated rings. The average Bonchev–Trinajstić information content (AvgIpc) is 2.57. The zero-order valence-corrected chi connectivity index (χ0v) is 15.2. The Bertz CT molecular complexity index is 763. The van der Waals surface area contributed by atoms with Gasteiger partial charge in [-0.15, -0.1) is 12.4 Å². The third-order valence-electron chi connectivity index (χ3n) is 4.07. The van der Waals surface area contributed by atoms with Crippen LogP contribution in [-0.4, -0.2) is 19.6 Å². The molecule has 0 spiro atoms. The van der Waals surface area contributed by atoms with Crippen molar-refractivity contribution in [2.24, 2.45) is 0 Å². The Balaban J connectivity index is 0.00000208. The van der Waals surface area contributed by atoms with Gasteiger partial charge in [0.05, 0.1) is 12.8 Å². The number of hydrogen-bond donors (Lipinski definition) is 2. The summed E-state index contributed by atoms with van der Waals surface area (Å²) in [7, 11) is 1.56. The maximum Gasteiger partial charge on any atom is 0.256 e. The molecule has 3 rings (SSSR count). The lowest BCUT2D eigenvalue weighted by Crippen LogP contribution is -2.19. The quantitative estimate of drug-likeness (QED) is 0.828. The van der Waals surface area contributed by atoms with Gasteiger partial charge in [0.2, 0.25) is 0 Å². The standard InChI is InChI=1S/C18H19ClN2O2.ClH/c1-11-9-16(17(23-2)10-14(11)19)21-18(22)13-5-3-7-15-12(13)6-4-8-20-15;/h3,5,7,9-10,20H,4,6,8H2,1-2H3,(H,21,22);1H. The van der Waals surface area contributed by atoms with Crippen LogP contribution in [0.25, 0.3) is 0 Å². The van der Waals surface area contributed by atoms with E-state index in [2.05, 4.69) is 10.6 Å². The summed E-state index contributed by atoms with van der Waals surface area (Å²) in [6.07, 6.45) is 1.93. The van der Waals surface area contributed by atoms with E-state index in [1.165, 1.54) is 0 Å². The molecule has 4 nitrogen and oxygen atoms in total. The van der Waals surface area contributed by atoms with Crippen molar-refractivity contribution in [1.82, 2.24) is 0 Å². The Kier molecular flexibility index (Phi) is 5.97. The average molecular weight is 367 g/mol. The van der Waals surface area contributed by atoms with Crippen molar-refractivity contribution < 1.29 is 9.53 Å². The van der Waals surface area contributed by atoms with E-state index in [0.717, 1.165) is 36.2 Å². The zero-order valence-electron chi connectivity index (χ0n) is 13.6. The van der Waals surface area contributed by atoms with Crippen LogP contribution >= 0.6 is 24.0 Å². The zero-order chi connectivity index (χ0) is 16.4. The molecule has 0 radical (unpaired) electrons. The molecule has 24 heavy (non-hydrogen) atoms. The van der Waals surface area contributed by atoms with Gasteiger partial charge in [0.15, 0.2) is 0 Å². The Morgan fingerprint density at radius 3 is 2.88 bits per heavy atom. The molecule has 1 heterocycles. The minimum Gasteiger partial charge on any atom is -0.495 e. The predicted molar refractivity (Wildman–Crippen MR) is 101 cm³/mol. The molecule has 2 N–H and O–H groups in total. The highest BCUT2D eigenvalue weighted by atomic mass is 35.5. The number of anilines is 2. The van der Waals surface area contributed by atoms with Gasteiger partial charge in [0.25, 0.3) is 5.91 Å². The smallest absolute Gasteiger partial charge is 0.256 e. The summed E-state index contributed by atoms with van der Waals surface area (Å²) in [5.74, 6) is 0.419. The predicted octanol–water partition coefficient (Wildman–Crippen LogP) is 4.69. The number of amides is 1. The number of fused-ring (bicyclic) bond motifs is 1. The van der Waals surface area contributed by atoms with Crippen LogP contribution in [0, 0.1) is 6.92 Å². The van der Waals surface area contributed by atoms with E-state index in [-0.39, 0.29) is 18.3 Å². The lowest BCUT2D eigenvalue weighted by atomic mass is 9.97. The van der Waals surface area contributed by atoms with Crippen LogP contribution in [0.2, 0.25) is 5.02 Å². The van der Waals surface area contributed by atoms with Gasteiger partial charge in [0, 0.05) is 28.9 Å². The Hall–Kier alpha value is -1.91. The Morgan fingerprint density at radius 1 is 1.33 bits per heavy atom. The normalized spacial score (nSPS) is 12.5. The monoisotopic (exact) mass is 366 g/mol. The lowest BCUT2D eigenvalue weighted by molar-refractivity contribution is 0.102. The molecule has 0 unspecified atom stereocenters. The fraction of sp³-hybridized carbons (Fsp3) is 0.278. The molecular weight excluding hydrogens is 347 g/mol. The largest absolute Gasteiger partial charge is 0.495 e. The number of ether oxygens (including phenoxy) is 1. The summed E-state index contributed by atoms with van der Waals surface area (Å²) >= 11 is 6.11. The van der Waals surface area contributed by atoms with Crippen LogP contribution < -0.4 is 15.4 Å². The molecule has 2 aromatic rings. The number of nitrogens with one attached hydrogen (secondary N) is 2. The molecule has 0 aliphatic carbocycles. The van der Waals surface area contributed by atoms with E-state index in [1.54, 1.807) is 13.2 Å². The van der Waals surface area contributed by atoms with Crippen molar-refractivity contribution in [2.45, 2.75) is 19.8 Å². The van der Waals surface area contributed by atoms with Crippen molar-refractivity contribution in [1.29, 1.82) is 0 Å². The number of carbonyl (C=O) groups excluding carboxylic acids is 1. The molecule has 0 bridgehead atoms. The molecule has 0 atom stereocenters. The van der Waals surface area contributed by atoms with E-state index in [0.29, 0.717) is 22.0 Å². The number of rotatable bonds is 3. The molecule has 1 aliphatic heterocycles. The number of hydrogen-bond acceptors (Lipinski definition) is 3. The van der Waals surface area contributed by atoms with E-state index < -0.39 is 0 Å². The second kappa shape index (κ2) is 7.77. The molecule has 1 amide bonds. The van der Waals surface area contributed by atoms with Gasteiger partial charge in [-0.05, 0) is 49.1 Å². The van der Waals surface area contributed by atoms with Crippen LogP contribution in [0.5, 0.6) is 5.75 Å². The fourth-order valence-electron chi connectivity index (χ4n) is 2.84. The highest BCUT2D eigenvalue weighted by molar-refractivity contribution is 6.31. The van der Waals surface area contributed by atoms with Gasteiger partial charge >= 0.3 is 0 Å². The van der Waals surface area contributed by atoms with Gasteiger partial charge in [-0.3, -0.25) is 4.79 Å². The maximum atomic E-state index is 12.7. The highest BCUT2D eigenvalue weighted by Crippen LogP contribution is 2.32. The SMILES string of the molecule is COc1cc(Cl)c(C)cc1NC(=O)c1cccc2c1CCCN2.Cl. The number of carbonyl (C=O) groups is 1. The first-order valence-corrected chi connectivity index (χ1v) is 7.99. The Morgan fingerprint density at radius 2 is 2.12 bits per heavy atom. The third kappa shape index (κ3) is 3.60. The van der Waals surface area contributed by atoms with Gasteiger partial charge < -0.3 is 15.4 Å². The van der Waals surface area contributed by atoms with Gasteiger partial charge in [-0.25, -0.2) is 0 Å². The third-order valence-corrected chi connectivity index (χ3v) is 4.48. The molecule has 6 heteroatoms. The second-order valence-corrected chi connectivity index (χ2v) is 6.03. The summed E-state index contributed by atoms with van der Waals surface area (Å²) in [4.78, 5) is 12.7. The first-order chi connectivity index (χ1) is 11.1. The van der Waals surface area contributed by atoms with Crippen molar-refractivity contribution in [2.75, 3.05) is 24.3 Å². The number of benzene rings is 2. The lowest BCUT2D eigenvalue weighted by Gasteiger charge is -2.21. The van der Waals surface area contributed by atoms with Crippen LogP contribution in [0.4, 0.5) is 11.4 Å². The second-order valence-electron chi connectivity index (χ2n) is 5.62.